The van der Waals surface area contributed by atoms with Gasteiger partial charge in [0.15, 0.2) is 5.65 Å². The second kappa shape index (κ2) is 3.14. The minimum absolute atomic E-state index is 0.745. The van der Waals surface area contributed by atoms with Gasteiger partial charge in [-0.3, -0.25) is 0 Å². The van der Waals surface area contributed by atoms with Crippen molar-refractivity contribution in [2.24, 2.45) is 0 Å². The smallest absolute Gasteiger partial charge is 0.177 e. The number of imidazole rings is 1. The molecule has 2 rings (SSSR count). The highest BCUT2D eigenvalue weighted by Crippen LogP contribution is 2.08. The summed E-state index contributed by atoms with van der Waals surface area (Å²) in [5, 5.41) is 3.04. The summed E-state index contributed by atoms with van der Waals surface area (Å²) in [5.41, 5.74) is 2.79. The minimum atomic E-state index is 0.745. The van der Waals surface area contributed by atoms with Crippen LogP contribution >= 0.6 is 0 Å². The van der Waals surface area contributed by atoms with Crippen molar-refractivity contribution >= 4 is 11.2 Å². The zero-order valence-corrected chi connectivity index (χ0v) is 7.76. The summed E-state index contributed by atoms with van der Waals surface area (Å²) in [6.45, 7) is 2.71. The van der Waals surface area contributed by atoms with E-state index in [0.717, 1.165) is 29.2 Å². The first-order chi connectivity index (χ1) is 6.29. The van der Waals surface area contributed by atoms with E-state index in [4.69, 9.17) is 0 Å². The van der Waals surface area contributed by atoms with Gasteiger partial charge in [0, 0.05) is 5.69 Å². The molecule has 0 aliphatic rings. The predicted molar refractivity (Wildman–Crippen MR) is 51.4 cm³/mol. The van der Waals surface area contributed by atoms with E-state index in [0.29, 0.717) is 0 Å². The lowest BCUT2D eigenvalue weighted by atomic mass is 10.4. The summed E-state index contributed by atoms with van der Waals surface area (Å²) in [6, 6.07) is 3.98. The first kappa shape index (κ1) is 8.19. The number of aromatic amines is 1. The van der Waals surface area contributed by atoms with Crippen LogP contribution in [0.2, 0.25) is 0 Å². The maximum Gasteiger partial charge on any atom is 0.177 e. The molecule has 0 fully saturated rings. The van der Waals surface area contributed by atoms with Crippen molar-refractivity contribution in [3.05, 3.63) is 23.7 Å². The van der Waals surface area contributed by atoms with Crippen molar-refractivity contribution < 1.29 is 0 Å². The molecule has 0 aliphatic carbocycles. The fraction of sp³-hybridized carbons (Fsp3) is 0.333. The lowest BCUT2D eigenvalue weighted by Crippen LogP contribution is -2.06. The molecule has 13 heavy (non-hydrogen) atoms. The van der Waals surface area contributed by atoms with Gasteiger partial charge in [0.1, 0.15) is 5.82 Å². The Balaban J connectivity index is 2.49. The van der Waals surface area contributed by atoms with E-state index in [1.165, 1.54) is 0 Å². The average molecular weight is 176 g/mol. The second-order valence-electron chi connectivity index (χ2n) is 3.04. The fourth-order valence-corrected chi connectivity index (χ4v) is 1.29. The fourth-order valence-electron chi connectivity index (χ4n) is 1.29. The molecular formula is C9H12N4. The van der Waals surface area contributed by atoms with Crippen LogP contribution in [0.4, 0.5) is 0 Å². The number of fused-ring (bicyclic) bond motifs is 1. The highest BCUT2D eigenvalue weighted by molar-refractivity contribution is 5.70. The molecule has 0 saturated heterocycles. The van der Waals surface area contributed by atoms with Crippen LogP contribution in [0.25, 0.3) is 11.2 Å². The Labute approximate surface area is 76.4 Å². The first-order valence-electron chi connectivity index (χ1n) is 4.26. The van der Waals surface area contributed by atoms with Gasteiger partial charge in [0.05, 0.1) is 12.1 Å². The quantitative estimate of drug-likeness (QED) is 0.717. The average Bonchev–Trinajstić information content (AvgIpc) is 2.46. The van der Waals surface area contributed by atoms with Crippen LogP contribution in [0.5, 0.6) is 0 Å². The minimum Gasteiger partial charge on any atom is -0.340 e. The number of pyridine rings is 1. The van der Waals surface area contributed by atoms with Gasteiger partial charge < -0.3 is 10.3 Å². The van der Waals surface area contributed by atoms with E-state index < -0.39 is 0 Å². The molecule has 2 heterocycles. The molecule has 68 valence electrons. The Bertz CT molecular complexity index is 418. The molecule has 0 aromatic carbocycles. The second-order valence-corrected chi connectivity index (χ2v) is 3.04. The van der Waals surface area contributed by atoms with E-state index in [2.05, 4.69) is 20.3 Å². The van der Waals surface area contributed by atoms with E-state index in [9.17, 15) is 0 Å². The van der Waals surface area contributed by atoms with E-state index in [-0.39, 0.29) is 0 Å². The number of hydrogen-bond acceptors (Lipinski definition) is 3. The largest absolute Gasteiger partial charge is 0.340 e. The van der Waals surface area contributed by atoms with Gasteiger partial charge in [-0.15, -0.1) is 0 Å². The van der Waals surface area contributed by atoms with Crippen molar-refractivity contribution in [2.75, 3.05) is 7.05 Å². The summed E-state index contributed by atoms with van der Waals surface area (Å²) in [6.07, 6.45) is 0. The number of nitrogens with zero attached hydrogens (tertiary/aromatic N) is 2. The number of H-pyrrole nitrogens is 1. The van der Waals surface area contributed by atoms with Crippen LogP contribution in [0, 0.1) is 6.92 Å². The SMILES string of the molecule is CNCc1nc2nc(C)ccc2[nH]1. The first-order valence-corrected chi connectivity index (χ1v) is 4.26. The third-order valence-electron chi connectivity index (χ3n) is 1.88. The zero-order valence-electron chi connectivity index (χ0n) is 7.76. The highest BCUT2D eigenvalue weighted by Gasteiger charge is 2.01. The Morgan fingerprint density at radius 1 is 1.38 bits per heavy atom. The topological polar surface area (TPSA) is 53.6 Å². The molecule has 0 bridgehead atoms. The monoisotopic (exact) mass is 176 g/mol. The molecular weight excluding hydrogens is 164 g/mol. The van der Waals surface area contributed by atoms with Crippen LogP contribution in [0.3, 0.4) is 0 Å². The molecule has 2 aromatic heterocycles. The summed E-state index contributed by atoms with van der Waals surface area (Å²) < 4.78 is 0. The molecule has 4 nitrogen and oxygen atoms in total. The Kier molecular flexibility index (Phi) is 1.98. The third-order valence-corrected chi connectivity index (χ3v) is 1.88. The summed E-state index contributed by atoms with van der Waals surface area (Å²) >= 11 is 0. The van der Waals surface area contributed by atoms with E-state index in [1.54, 1.807) is 0 Å². The van der Waals surface area contributed by atoms with Crippen LogP contribution in [0.15, 0.2) is 12.1 Å². The molecule has 0 radical (unpaired) electrons. The van der Waals surface area contributed by atoms with Gasteiger partial charge in [0.25, 0.3) is 0 Å². The van der Waals surface area contributed by atoms with Crippen LogP contribution in [0.1, 0.15) is 11.5 Å². The van der Waals surface area contributed by atoms with Crippen molar-refractivity contribution in [3.63, 3.8) is 0 Å². The van der Waals surface area contributed by atoms with Crippen LogP contribution < -0.4 is 5.32 Å². The highest BCUT2D eigenvalue weighted by atomic mass is 15.0. The molecule has 2 N–H and O–H groups in total. The number of aryl methyl sites for hydroxylation is 1. The molecule has 0 amide bonds. The Hall–Kier alpha value is -1.42. The summed E-state index contributed by atoms with van der Waals surface area (Å²) in [7, 11) is 1.89. The molecule has 0 spiro atoms. The van der Waals surface area contributed by atoms with Crippen LogP contribution in [-0.4, -0.2) is 22.0 Å². The molecule has 4 heteroatoms. The molecule has 0 saturated carbocycles. The van der Waals surface area contributed by atoms with E-state index >= 15 is 0 Å². The van der Waals surface area contributed by atoms with Crippen molar-refractivity contribution in [2.45, 2.75) is 13.5 Å². The third kappa shape index (κ3) is 1.53. The lowest BCUT2D eigenvalue weighted by Gasteiger charge is -1.89. The van der Waals surface area contributed by atoms with Crippen LogP contribution in [-0.2, 0) is 6.54 Å². The van der Waals surface area contributed by atoms with E-state index in [1.807, 2.05) is 26.1 Å². The standard InChI is InChI=1S/C9H12N4/c1-6-3-4-7-9(11-6)13-8(12-7)5-10-2/h3-4,10H,5H2,1-2H3,(H,11,12,13). The van der Waals surface area contributed by atoms with Gasteiger partial charge in [-0.25, -0.2) is 9.97 Å². The zero-order chi connectivity index (χ0) is 9.26. The molecule has 2 aromatic rings. The summed E-state index contributed by atoms with van der Waals surface area (Å²) in [4.78, 5) is 11.8. The van der Waals surface area contributed by atoms with Crippen molar-refractivity contribution in [1.29, 1.82) is 0 Å². The Morgan fingerprint density at radius 2 is 2.23 bits per heavy atom. The molecule has 0 atom stereocenters. The maximum atomic E-state index is 4.33. The predicted octanol–water partition coefficient (Wildman–Crippen LogP) is 0.986. The number of nitrogens with one attached hydrogen (secondary N) is 2. The van der Waals surface area contributed by atoms with Gasteiger partial charge in [0.2, 0.25) is 0 Å². The Morgan fingerprint density at radius 3 is 3.00 bits per heavy atom. The van der Waals surface area contributed by atoms with Crippen molar-refractivity contribution in [3.8, 4) is 0 Å². The number of rotatable bonds is 2. The van der Waals surface area contributed by atoms with Gasteiger partial charge in [-0.1, -0.05) is 0 Å². The summed E-state index contributed by atoms with van der Waals surface area (Å²) in [5.74, 6) is 0.926. The van der Waals surface area contributed by atoms with Crippen molar-refractivity contribution in [1.82, 2.24) is 20.3 Å². The lowest BCUT2D eigenvalue weighted by molar-refractivity contribution is 0.774. The number of hydrogen-bond donors (Lipinski definition) is 2. The maximum absolute atomic E-state index is 4.33. The van der Waals surface area contributed by atoms with Gasteiger partial charge in [-0.05, 0) is 26.1 Å². The molecule has 0 aliphatic heterocycles. The number of aromatic nitrogens is 3. The molecule has 0 unspecified atom stereocenters. The van der Waals surface area contributed by atoms with Gasteiger partial charge >= 0.3 is 0 Å². The normalized spacial score (nSPS) is 10.9. The van der Waals surface area contributed by atoms with Gasteiger partial charge in [-0.2, -0.15) is 0 Å².